The predicted molar refractivity (Wildman–Crippen MR) is 76.7 cm³/mol. The number of nitrogens with one attached hydrogen (secondary N) is 1. The van der Waals surface area contributed by atoms with Gasteiger partial charge >= 0.3 is 5.97 Å². The van der Waals surface area contributed by atoms with E-state index in [9.17, 15) is 4.79 Å². The Morgan fingerprint density at radius 2 is 2.25 bits per heavy atom. The van der Waals surface area contributed by atoms with Gasteiger partial charge in [-0.25, -0.2) is 4.98 Å². The maximum atomic E-state index is 11.1. The second-order valence-electron chi connectivity index (χ2n) is 4.33. The van der Waals surface area contributed by atoms with Gasteiger partial charge in [-0.05, 0) is 19.1 Å². The number of esters is 1. The minimum Gasteiger partial charge on any atom is -0.468 e. The largest absolute Gasteiger partial charge is 0.468 e. The molecule has 3 rings (SSSR count). The van der Waals surface area contributed by atoms with Crippen molar-refractivity contribution in [2.45, 2.75) is 12.1 Å². The third-order valence-electron chi connectivity index (χ3n) is 2.90. The van der Waals surface area contributed by atoms with Crippen LogP contribution in [0.4, 0.5) is 0 Å². The predicted octanol–water partition coefficient (Wildman–Crippen LogP) is 2.08. The van der Waals surface area contributed by atoms with Gasteiger partial charge in [0, 0.05) is 10.9 Å². The van der Waals surface area contributed by atoms with Gasteiger partial charge in [0.2, 0.25) is 5.16 Å². The number of thioether (sulfide) groups is 1. The number of nitrogens with zero attached hydrogens (tertiary/aromatic N) is 3. The average molecular weight is 288 g/mol. The molecular formula is C13H12N4O2S. The van der Waals surface area contributed by atoms with Gasteiger partial charge in [-0.15, -0.1) is 10.2 Å². The van der Waals surface area contributed by atoms with E-state index in [0.29, 0.717) is 10.8 Å². The molecule has 2 heterocycles. The number of aromatic nitrogens is 4. The van der Waals surface area contributed by atoms with Crippen molar-refractivity contribution in [3.8, 4) is 0 Å². The Bertz CT molecular complexity index is 800. The van der Waals surface area contributed by atoms with Crippen LogP contribution in [0.2, 0.25) is 0 Å². The number of carbonyl (C=O) groups is 1. The van der Waals surface area contributed by atoms with E-state index < -0.39 is 0 Å². The number of fused-ring (bicyclic) bond motifs is 3. The summed E-state index contributed by atoms with van der Waals surface area (Å²) in [6, 6.07) is 6.07. The minimum absolute atomic E-state index is 0.170. The van der Waals surface area contributed by atoms with Crippen LogP contribution in [0.1, 0.15) is 5.56 Å². The molecule has 0 amide bonds. The summed E-state index contributed by atoms with van der Waals surface area (Å²) < 4.78 is 4.58. The zero-order valence-electron chi connectivity index (χ0n) is 11.0. The minimum atomic E-state index is -0.314. The molecule has 0 saturated heterocycles. The Kier molecular flexibility index (Phi) is 3.27. The zero-order valence-corrected chi connectivity index (χ0v) is 11.8. The number of methoxy groups -OCH3 is 1. The molecule has 0 fully saturated rings. The Morgan fingerprint density at radius 1 is 1.40 bits per heavy atom. The van der Waals surface area contributed by atoms with Crippen LogP contribution in [-0.2, 0) is 9.53 Å². The van der Waals surface area contributed by atoms with Crippen LogP contribution in [-0.4, -0.2) is 39.0 Å². The number of carbonyl (C=O) groups excluding carboxylic acids is 1. The Hall–Kier alpha value is -2.15. The molecule has 0 atom stereocenters. The Labute approximate surface area is 118 Å². The van der Waals surface area contributed by atoms with Gasteiger partial charge < -0.3 is 9.72 Å². The van der Waals surface area contributed by atoms with Gasteiger partial charge in [0.25, 0.3) is 0 Å². The first-order chi connectivity index (χ1) is 9.67. The van der Waals surface area contributed by atoms with Gasteiger partial charge in [0.05, 0.1) is 12.9 Å². The van der Waals surface area contributed by atoms with Crippen molar-refractivity contribution in [3.05, 3.63) is 23.8 Å². The molecule has 0 unspecified atom stereocenters. The summed E-state index contributed by atoms with van der Waals surface area (Å²) in [5.41, 5.74) is 3.55. The lowest BCUT2D eigenvalue weighted by molar-refractivity contribution is -0.137. The van der Waals surface area contributed by atoms with Crippen LogP contribution in [0.5, 0.6) is 0 Å². The lowest BCUT2D eigenvalue weighted by Crippen LogP contribution is -2.04. The first-order valence-electron chi connectivity index (χ1n) is 6.00. The highest BCUT2D eigenvalue weighted by atomic mass is 32.2. The average Bonchev–Trinajstić information content (AvgIpc) is 2.81. The van der Waals surface area contributed by atoms with E-state index >= 15 is 0 Å². The number of hydrogen-bond donors (Lipinski definition) is 1. The van der Waals surface area contributed by atoms with E-state index in [4.69, 9.17) is 0 Å². The Morgan fingerprint density at radius 3 is 3.05 bits per heavy atom. The molecule has 0 spiro atoms. The van der Waals surface area contributed by atoms with Crippen LogP contribution in [0, 0.1) is 6.92 Å². The molecular weight excluding hydrogens is 276 g/mol. The molecule has 102 valence electrons. The van der Waals surface area contributed by atoms with Crippen molar-refractivity contribution in [2.75, 3.05) is 12.9 Å². The van der Waals surface area contributed by atoms with E-state index in [1.165, 1.54) is 18.9 Å². The van der Waals surface area contributed by atoms with Crippen molar-refractivity contribution in [2.24, 2.45) is 0 Å². The lowest BCUT2D eigenvalue weighted by atomic mass is 10.2. The number of rotatable bonds is 3. The summed E-state index contributed by atoms with van der Waals surface area (Å²) in [7, 11) is 1.35. The number of ether oxygens (including phenoxy) is 1. The fraction of sp³-hybridized carbons (Fsp3) is 0.231. The summed E-state index contributed by atoms with van der Waals surface area (Å²) in [5.74, 6) is -0.144. The zero-order chi connectivity index (χ0) is 14.1. The second-order valence-corrected chi connectivity index (χ2v) is 5.27. The molecule has 6 nitrogen and oxygen atoms in total. The molecule has 0 aliphatic carbocycles. The standard InChI is InChI=1S/C13H12N4O2S/c1-7-3-4-9-8(5-7)11-12(14-9)15-13(17-16-11)20-6-10(18)19-2/h3-5H,6H2,1-2H3,(H,14,15,17). The van der Waals surface area contributed by atoms with Crippen molar-refractivity contribution in [3.63, 3.8) is 0 Å². The fourth-order valence-corrected chi connectivity index (χ4v) is 2.53. The molecule has 20 heavy (non-hydrogen) atoms. The summed E-state index contributed by atoms with van der Waals surface area (Å²) >= 11 is 1.20. The van der Waals surface area contributed by atoms with Crippen molar-refractivity contribution in [1.82, 2.24) is 20.2 Å². The van der Waals surface area contributed by atoms with Crippen LogP contribution in [0.3, 0.4) is 0 Å². The summed E-state index contributed by atoms with van der Waals surface area (Å²) in [6.07, 6.45) is 0. The summed E-state index contributed by atoms with van der Waals surface area (Å²) in [5, 5.41) is 9.69. The number of benzene rings is 1. The molecule has 1 aromatic carbocycles. The summed E-state index contributed by atoms with van der Waals surface area (Å²) in [6.45, 7) is 2.03. The van der Waals surface area contributed by atoms with Crippen LogP contribution in [0.25, 0.3) is 22.1 Å². The molecule has 1 N–H and O–H groups in total. The molecule has 3 aromatic rings. The normalized spacial score (nSPS) is 11.1. The maximum Gasteiger partial charge on any atom is 0.316 e. The van der Waals surface area contributed by atoms with Gasteiger partial charge in [-0.3, -0.25) is 4.79 Å². The number of hydrogen-bond acceptors (Lipinski definition) is 6. The number of H-pyrrole nitrogens is 1. The van der Waals surface area contributed by atoms with Crippen LogP contribution < -0.4 is 0 Å². The monoisotopic (exact) mass is 288 g/mol. The number of aryl methyl sites for hydroxylation is 1. The van der Waals surface area contributed by atoms with Gasteiger partial charge in [0.15, 0.2) is 5.65 Å². The summed E-state index contributed by atoms with van der Waals surface area (Å²) in [4.78, 5) is 18.7. The molecule has 0 radical (unpaired) electrons. The van der Waals surface area contributed by atoms with E-state index in [1.54, 1.807) is 0 Å². The maximum absolute atomic E-state index is 11.1. The molecule has 0 bridgehead atoms. The first kappa shape index (κ1) is 12.9. The quantitative estimate of drug-likeness (QED) is 0.587. The van der Waals surface area contributed by atoms with E-state index in [2.05, 4.69) is 24.9 Å². The van der Waals surface area contributed by atoms with E-state index in [0.717, 1.165) is 22.0 Å². The van der Waals surface area contributed by atoms with Gasteiger partial charge in [-0.2, -0.15) is 0 Å². The molecule has 7 heteroatoms. The topological polar surface area (TPSA) is 80.8 Å². The third-order valence-corrected chi connectivity index (χ3v) is 3.71. The molecule has 2 aromatic heterocycles. The van der Waals surface area contributed by atoms with E-state index in [1.807, 2.05) is 25.1 Å². The SMILES string of the molecule is COC(=O)CSc1nnc2c(n1)[nH]c1ccc(C)cc12. The van der Waals surface area contributed by atoms with Gasteiger partial charge in [-0.1, -0.05) is 23.4 Å². The fourth-order valence-electron chi connectivity index (χ4n) is 1.91. The molecule has 0 saturated carbocycles. The molecule has 0 aliphatic rings. The highest BCUT2D eigenvalue weighted by molar-refractivity contribution is 7.99. The smallest absolute Gasteiger partial charge is 0.316 e. The van der Waals surface area contributed by atoms with Crippen molar-refractivity contribution < 1.29 is 9.53 Å². The number of aromatic amines is 1. The van der Waals surface area contributed by atoms with Gasteiger partial charge in [0.1, 0.15) is 5.52 Å². The van der Waals surface area contributed by atoms with Crippen molar-refractivity contribution in [1.29, 1.82) is 0 Å². The first-order valence-corrected chi connectivity index (χ1v) is 6.98. The third kappa shape index (κ3) is 2.32. The Balaban J connectivity index is 1.99. The highest BCUT2D eigenvalue weighted by Crippen LogP contribution is 2.24. The lowest BCUT2D eigenvalue weighted by Gasteiger charge is -1.98. The van der Waals surface area contributed by atoms with Crippen LogP contribution >= 0.6 is 11.8 Å². The van der Waals surface area contributed by atoms with E-state index in [-0.39, 0.29) is 11.7 Å². The second kappa shape index (κ2) is 5.09. The highest BCUT2D eigenvalue weighted by Gasteiger charge is 2.10. The van der Waals surface area contributed by atoms with Crippen LogP contribution in [0.15, 0.2) is 23.4 Å². The molecule has 0 aliphatic heterocycles. The van der Waals surface area contributed by atoms with Crippen molar-refractivity contribution >= 4 is 39.8 Å².